The second kappa shape index (κ2) is 7.73. The minimum Gasteiger partial charge on any atom is -0.372 e. The Morgan fingerprint density at radius 1 is 1.50 bits per heavy atom. The first kappa shape index (κ1) is 13.4. The van der Waals surface area contributed by atoms with E-state index >= 15 is 0 Å². The Morgan fingerprint density at radius 2 is 2.07 bits per heavy atom. The number of rotatable bonds is 2. The Labute approximate surface area is 98.2 Å². The van der Waals surface area contributed by atoms with Gasteiger partial charge in [-0.1, -0.05) is 13.8 Å². The molecule has 0 unspecified atom stereocenters. The first-order valence-electron chi connectivity index (χ1n) is 4.48. The fourth-order valence-electron chi connectivity index (χ4n) is 1.19. The van der Waals surface area contributed by atoms with Gasteiger partial charge in [-0.15, -0.1) is 0 Å². The molecule has 0 fully saturated rings. The molecule has 0 saturated carbocycles. The van der Waals surface area contributed by atoms with Gasteiger partial charge in [-0.05, 0) is 47.1 Å². The molecule has 0 atom stereocenters. The third-order valence-electron chi connectivity index (χ3n) is 1.78. The number of aryl methyl sites for hydroxylation is 1. The van der Waals surface area contributed by atoms with Crippen molar-refractivity contribution in [2.75, 3.05) is 0 Å². The second-order valence-electron chi connectivity index (χ2n) is 2.56. The molecular formula is C10H15IN2O. The highest BCUT2D eigenvalue weighted by molar-refractivity contribution is 14.1. The number of nitrogens with two attached hydrogens (primary N) is 1. The van der Waals surface area contributed by atoms with Crippen LogP contribution in [0.1, 0.15) is 25.1 Å². The summed E-state index contributed by atoms with van der Waals surface area (Å²) < 4.78 is 1.34. The average molecular weight is 306 g/mol. The van der Waals surface area contributed by atoms with Crippen molar-refractivity contribution < 1.29 is 4.79 Å². The Morgan fingerprint density at radius 3 is 2.43 bits per heavy atom. The molecule has 1 rings (SSSR count). The van der Waals surface area contributed by atoms with Gasteiger partial charge in [0.1, 0.15) is 0 Å². The van der Waals surface area contributed by atoms with Crippen LogP contribution in [0.15, 0.2) is 12.3 Å². The molecule has 0 saturated heterocycles. The molecule has 0 aromatic carbocycles. The molecule has 1 heterocycles. The summed E-state index contributed by atoms with van der Waals surface area (Å²) in [4.78, 5) is 12.9. The van der Waals surface area contributed by atoms with Crippen LogP contribution in [-0.2, 0) is 17.6 Å². The summed E-state index contributed by atoms with van der Waals surface area (Å²) in [6.45, 7) is 4.33. The van der Waals surface area contributed by atoms with Crippen LogP contribution in [0.3, 0.4) is 0 Å². The predicted octanol–water partition coefficient (Wildman–Crippen LogP) is 1.91. The lowest BCUT2D eigenvalue weighted by Crippen LogP contribution is -1.97. The highest BCUT2D eigenvalue weighted by atomic mass is 127. The van der Waals surface area contributed by atoms with Gasteiger partial charge in [0, 0.05) is 15.5 Å². The van der Waals surface area contributed by atoms with Crippen molar-refractivity contribution in [3.63, 3.8) is 0 Å². The SMILES string of the molecule is CCc1nccc(I)c1CC.NC=O. The molecule has 0 bridgehead atoms. The molecule has 0 aliphatic carbocycles. The van der Waals surface area contributed by atoms with Gasteiger partial charge in [0.05, 0.1) is 0 Å². The number of nitrogens with zero attached hydrogens (tertiary/aromatic N) is 1. The maximum absolute atomic E-state index is 8.58. The lowest BCUT2D eigenvalue weighted by Gasteiger charge is -2.05. The van der Waals surface area contributed by atoms with E-state index in [1.807, 2.05) is 6.20 Å². The summed E-state index contributed by atoms with van der Waals surface area (Å²) in [5, 5.41) is 0. The van der Waals surface area contributed by atoms with Crippen LogP contribution in [0.25, 0.3) is 0 Å². The maximum Gasteiger partial charge on any atom is 0.204 e. The van der Waals surface area contributed by atoms with Crippen molar-refractivity contribution in [2.24, 2.45) is 5.73 Å². The van der Waals surface area contributed by atoms with Gasteiger partial charge < -0.3 is 5.73 Å². The Kier molecular flexibility index (Phi) is 7.37. The highest BCUT2D eigenvalue weighted by Gasteiger charge is 2.02. The number of carbonyl (C=O) groups is 1. The minimum absolute atomic E-state index is 0.250. The van der Waals surface area contributed by atoms with Gasteiger partial charge in [-0.2, -0.15) is 0 Å². The fourth-order valence-corrected chi connectivity index (χ4v) is 2.04. The lowest BCUT2D eigenvalue weighted by atomic mass is 10.1. The number of primary amides is 1. The molecule has 0 aliphatic rings. The Bertz CT molecular complexity index is 289. The Balaban J connectivity index is 0.000000500. The smallest absolute Gasteiger partial charge is 0.204 e. The van der Waals surface area contributed by atoms with Crippen LogP contribution < -0.4 is 5.73 Å². The summed E-state index contributed by atoms with van der Waals surface area (Å²) >= 11 is 2.37. The van der Waals surface area contributed by atoms with E-state index in [-0.39, 0.29) is 6.41 Å². The quantitative estimate of drug-likeness (QED) is 0.670. The fraction of sp³-hybridized carbons (Fsp3) is 0.400. The summed E-state index contributed by atoms with van der Waals surface area (Å²) in [7, 11) is 0. The first-order chi connectivity index (χ1) is 6.71. The van der Waals surface area contributed by atoms with E-state index in [2.05, 4.69) is 53.2 Å². The molecule has 78 valence electrons. The molecule has 1 aromatic rings. The van der Waals surface area contributed by atoms with E-state index in [4.69, 9.17) is 4.79 Å². The molecule has 0 aliphatic heterocycles. The van der Waals surface area contributed by atoms with Gasteiger partial charge >= 0.3 is 0 Å². The van der Waals surface area contributed by atoms with Crippen LogP contribution in [-0.4, -0.2) is 11.4 Å². The third-order valence-corrected chi connectivity index (χ3v) is 2.79. The van der Waals surface area contributed by atoms with Crippen molar-refractivity contribution in [1.29, 1.82) is 0 Å². The van der Waals surface area contributed by atoms with E-state index in [1.165, 1.54) is 14.8 Å². The number of halogens is 1. The zero-order valence-electron chi connectivity index (χ0n) is 8.46. The van der Waals surface area contributed by atoms with Crippen molar-refractivity contribution in [2.45, 2.75) is 26.7 Å². The zero-order valence-corrected chi connectivity index (χ0v) is 10.6. The van der Waals surface area contributed by atoms with E-state index in [0.29, 0.717) is 0 Å². The first-order valence-corrected chi connectivity index (χ1v) is 5.56. The second-order valence-corrected chi connectivity index (χ2v) is 3.72. The topological polar surface area (TPSA) is 56.0 Å². The number of aromatic nitrogens is 1. The van der Waals surface area contributed by atoms with Crippen molar-refractivity contribution in [1.82, 2.24) is 4.98 Å². The summed E-state index contributed by atoms with van der Waals surface area (Å²) in [6.07, 6.45) is 4.27. The van der Waals surface area contributed by atoms with Crippen LogP contribution in [0.5, 0.6) is 0 Å². The number of carbonyl (C=O) groups excluding carboxylic acids is 1. The monoisotopic (exact) mass is 306 g/mol. The predicted molar refractivity (Wildman–Crippen MR) is 66.0 cm³/mol. The number of pyridine rings is 1. The lowest BCUT2D eigenvalue weighted by molar-refractivity contribution is -0.106. The van der Waals surface area contributed by atoms with Gasteiger partial charge in [0.25, 0.3) is 0 Å². The van der Waals surface area contributed by atoms with Gasteiger partial charge in [0.15, 0.2) is 0 Å². The molecule has 14 heavy (non-hydrogen) atoms. The molecule has 4 heteroatoms. The summed E-state index contributed by atoms with van der Waals surface area (Å²) in [5.41, 5.74) is 6.83. The number of hydrogen-bond acceptors (Lipinski definition) is 2. The van der Waals surface area contributed by atoms with Crippen molar-refractivity contribution in [3.05, 3.63) is 27.1 Å². The number of amides is 1. The van der Waals surface area contributed by atoms with Crippen molar-refractivity contribution >= 4 is 29.0 Å². The van der Waals surface area contributed by atoms with Gasteiger partial charge in [-0.3, -0.25) is 9.78 Å². The zero-order chi connectivity index (χ0) is 11.0. The highest BCUT2D eigenvalue weighted by Crippen LogP contribution is 2.15. The number of hydrogen-bond donors (Lipinski definition) is 1. The van der Waals surface area contributed by atoms with Gasteiger partial charge in [0.2, 0.25) is 6.41 Å². The standard InChI is InChI=1S/C9H12IN.CH3NO/c1-3-7-8(10)5-6-11-9(7)4-2;2-1-3/h5-6H,3-4H2,1-2H3;1H,(H2,2,3). The molecule has 0 radical (unpaired) electrons. The molecule has 1 aromatic heterocycles. The van der Waals surface area contributed by atoms with E-state index < -0.39 is 0 Å². The maximum atomic E-state index is 8.58. The van der Waals surface area contributed by atoms with E-state index in [9.17, 15) is 0 Å². The molecule has 2 N–H and O–H groups in total. The molecular weight excluding hydrogens is 291 g/mol. The van der Waals surface area contributed by atoms with E-state index in [1.54, 1.807) is 0 Å². The van der Waals surface area contributed by atoms with Gasteiger partial charge in [-0.25, -0.2) is 0 Å². The van der Waals surface area contributed by atoms with E-state index in [0.717, 1.165) is 12.8 Å². The van der Waals surface area contributed by atoms with Crippen LogP contribution in [0, 0.1) is 3.57 Å². The average Bonchev–Trinajstić information content (AvgIpc) is 2.18. The van der Waals surface area contributed by atoms with Crippen LogP contribution in [0.4, 0.5) is 0 Å². The molecule has 0 spiro atoms. The normalized spacial score (nSPS) is 8.79. The molecule has 1 amide bonds. The van der Waals surface area contributed by atoms with Crippen LogP contribution in [0.2, 0.25) is 0 Å². The summed E-state index contributed by atoms with van der Waals surface area (Å²) in [6, 6.07) is 2.07. The minimum atomic E-state index is 0.250. The Hall–Kier alpha value is -0.650. The molecule has 3 nitrogen and oxygen atoms in total. The third kappa shape index (κ3) is 4.04. The summed E-state index contributed by atoms with van der Waals surface area (Å²) in [5.74, 6) is 0. The van der Waals surface area contributed by atoms with Crippen molar-refractivity contribution in [3.8, 4) is 0 Å². The largest absolute Gasteiger partial charge is 0.372 e. The van der Waals surface area contributed by atoms with Crippen LogP contribution >= 0.6 is 22.6 Å².